The summed E-state index contributed by atoms with van der Waals surface area (Å²) in [6.07, 6.45) is 3.76. The molecule has 0 saturated heterocycles. The Bertz CT molecular complexity index is 287. The molecule has 0 saturated carbocycles. The lowest BCUT2D eigenvalue weighted by molar-refractivity contribution is 0.414. The van der Waals surface area contributed by atoms with Crippen LogP contribution in [0.1, 0.15) is 26.2 Å². The molecule has 0 aromatic heterocycles. The first-order chi connectivity index (χ1) is 8.36. The fourth-order valence-electron chi connectivity index (χ4n) is 1.52. The quantitative estimate of drug-likeness (QED) is 0.537. The minimum Gasteiger partial charge on any atom is -0.497 e. The summed E-state index contributed by atoms with van der Waals surface area (Å²) in [7, 11) is 1.70. The Hall–Kier alpha value is -0.670. The molecule has 17 heavy (non-hydrogen) atoms. The van der Waals surface area contributed by atoms with Crippen LogP contribution in [0.3, 0.4) is 0 Å². The number of ether oxygens (including phenoxy) is 1. The number of hydrogen-bond donors (Lipinski definition) is 1. The van der Waals surface area contributed by atoms with Gasteiger partial charge in [0.15, 0.2) is 0 Å². The van der Waals surface area contributed by atoms with Gasteiger partial charge in [0.05, 0.1) is 7.11 Å². The number of thioether (sulfide) groups is 1. The van der Waals surface area contributed by atoms with Crippen LogP contribution in [0.4, 0.5) is 0 Å². The van der Waals surface area contributed by atoms with E-state index in [1.54, 1.807) is 7.11 Å². The average Bonchev–Trinajstić information content (AvgIpc) is 2.38. The Labute approximate surface area is 109 Å². The van der Waals surface area contributed by atoms with Gasteiger partial charge >= 0.3 is 0 Å². The summed E-state index contributed by atoms with van der Waals surface area (Å²) in [6.45, 7) is 4.50. The second-order valence-electron chi connectivity index (χ2n) is 3.98. The average molecular weight is 253 g/mol. The summed E-state index contributed by atoms with van der Waals surface area (Å²) < 4.78 is 5.13. The molecule has 1 aromatic carbocycles. The van der Waals surface area contributed by atoms with Gasteiger partial charge in [-0.15, -0.1) is 11.8 Å². The lowest BCUT2D eigenvalue weighted by Gasteiger charge is -2.04. The van der Waals surface area contributed by atoms with Crippen LogP contribution < -0.4 is 10.1 Å². The van der Waals surface area contributed by atoms with Crippen molar-refractivity contribution in [1.82, 2.24) is 5.32 Å². The lowest BCUT2D eigenvalue weighted by Crippen LogP contribution is -2.15. The van der Waals surface area contributed by atoms with Gasteiger partial charge < -0.3 is 10.1 Å². The van der Waals surface area contributed by atoms with E-state index in [2.05, 4.69) is 24.4 Å². The zero-order chi connectivity index (χ0) is 12.3. The number of methoxy groups -OCH3 is 1. The minimum atomic E-state index is 0.929. The number of nitrogens with one attached hydrogen (secondary N) is 1. The number of unbranched alkanes of at least 4 members (excludes halogenated alkanes) is 1. The van der Waals surface area contributed by atoms with Crippen LogP contribution in [0.15, 0.2) is 29.2 Å². The van der Waals surface area contributed by atoms with Crippen molar-refractivity contribution >= 4 is 11.8 Å². The summed E-state index contributed by atoms with van der Waals surface area (Å²) in [5, 5.41) is 3.42. The van der Waals surface area contributed by atoms with E-state index in [1.165, 1.54) is 29.9 Å². The second kappa shape index (κ2) is 9.37. The van der Waals surface area contributed by atoms with E-state index in [1.807, 2.05) is 23.9 Å². The van der Waals surface area contributed by atoms with Gasteiger partial charge in [0.2, 0.25) is 0 Å². The molecular formula is C14H23NOS. The zero-order valence-corrected chi connectivity index (χ0v) is 11.7. The Morgan fingerprint density at radius 2 is 1.88 bits per heavy atom. The number of rotatable bonds is 9. The van der Waals surface area contributed by atoms with Gasteiger partial charge in [0.25, 0.3) is 0 Å². The summed E-state index contributed by atoms with van der Waals surface area (Å²) in [5.41, 5.74) is 0. The molecule has 96 valence electrons. The molecule has 2 nitrogen and oxygen atoms in total. The van der Waals surface area contributed by atoms with Crippen LogP contribution in [0.5, 0.6) is 5.75 Å². The summed E-state index contributed by atoms with van der Waals surface area (Å²) in [4.78, 5) is 1.33. The third kappa shape index (κ3) is 6.59. The first kappa shape index (κ1) is 14.4. The van der Waals surface area contributed by atoms with Crippen LogP contribution in [-0.2, 0) is 0 Å². The highest BCUT2D eigenvalue weighted by atomic mass is 32.2. The molecule has 0 bridgehead atoms. The molecule has 3 heteroatoms. The smallest absolute Gasteiger partial charge is 0.118 e. The molecule has 0 spiro atoms. The van der Waals surface area contributed by atoms with Gasteiger partial charge in [0, 0.05) is 4.90 Å². The van der Waals surface area contributed by atoms with Gasteiger partial charge in [0.1, 0.15) is 5.75 Å². The van der Waals surface area contributed by atoms with Crippen LogP contribution in [0.2, 0.25) is 0 Å². The fourth-order valence-corrected chi connectivity index (χ4v) is 2.43. The molecule has 0 heterocycles. The molecule has 0 aliphatic carbocycles. The maximum atomic E-state index is 5.13. The van der Waals surface area contributed by atoms with Gasteiger partial charge in [-0.2, -0.15) is 0 Å². The summed E-state index contributed by atoms with van der Waals surface area (Å²) >= 11 is 1.92. The van der Waals surface area contributed by atoms with E-state index in [-0.39, 0.29) is 0 Å². The standard InChI is InChI=1S/C14H23NOS/c1-3-10-15-11-4-5-12-17-14-8-6-13(16-2)7-9-14/h6-9,15H,3-5,10-12H2,1-2H3. The highest BCUT2D eigenvalue weighted by Crippen LogP contribution is 2.21. The van der Waals surface area contributed by atoms with Gasteiger partial charge in [-0.1, -0.05) is 6.92 Å². The molecule has 1 rings (SSSR count). The van der Waals surface area contributed by atoms with E-state index in [9.17, 15) is 0 Å². The van der Waals surface area contributed by atoms with Gasteiger partial charge in [-0.3, -0.25) is 0 Å². The van der Waals surface area contributed by atoms with Crippen molar-refractivity contribution in [1.29, 1.82) is 0 Å². The second-order valence-corrected chi connectivity index (χ2v) is 5.15. The highest BCUT2D eigenvalue weighted by molar-refractivity contribution is 7.99. The van der Waals surface area contributed by atoms with E-state index in [0.717, 1.165) is 18.8 Å². The largest absolute Gasteiger partial charge is 0.497 e. The fraction of sp³-hybridized carbons (Fsp3) is 0.571. The topological polar surface area (TPSA) is 21.3 Å². The third-order valence-electron chi connectivity index (χ3n) is 2.50. The van der Waals surface area contributed by atoms with Crippen LogP contribution in [0.25, 0.3) is 0 Å². The van der Waals surface area contributed by atoms with Crippen molar-refractivity contribution in [3.8, 4) is 5.75 Å². The third-order valence-corrected chi connectivity index (χ3v) is 3.60. The van der Waals surface area contributed by atoms with E-state index in [4.69, 9.17) is 4.74 Å². The highest BCUT2D eigenvalue weighted by Gasteiger charge is 1.95. The number of benzene rings is 1. The minimum absolute atomic E-state index is 0.929. The van der Waals surface area contributed by atoms with E-state index >= 15 is 0 Å². The predicted octanol–water partition coefficient (Wildman–Crippen LogP) is 3.57. The van der Waals surface area contributed by atoms with Gasteiger partial charge in [-0.25, -0.2) is 0 Å². The summed E-state index contributed by atoms with van der Waals surface area (Å²) in [5.74, 6) is 2.12. The molecule has 0 atom stereocenters. The zero-order valence-electron chi connectivity index (χ0n) is 10.9. The van der Waals surface area contributed by atoms with E-state index in [0.29, 0.717) is 0 Å². The van der Waals surface area contributed by atoms with Crippen molar-refractivity contribution < 1.29 is 4.74 Å². The van der Waals surface area contributed by atoms with Crippen LogP contribution in [-0.4, -0.2) is 26.0 Å². The Kier molecular flexibility index (Phi) is 7.93. The maximum absolute atomic E-state index is 5.13. The van der Waals surface area contributed by atoms with Crippen molar-refractivity contribution in [2.45, 2.75) is 31.1 Å². The Balaban J connectivity index is 2.05. The lowest BCUT2D eigenvalue weighted by atomic mass is 10.3. The van der Waals surface area contributed by atoms with Crippen molar-refractivity contribution in [2.75, 3.05) is 26.0 Å². The predicted molar refractivity (Wildman–Crippen MR) is 76.1 cm³/mol. The number of hydrogen-bond acceptors (Lipinski definition) is 3. The molecule has 0 unspecified atom stereocenters. The van der Waals surface area contributed by atoms with Crippen molar-refractivity contribution in [2.24, 2.45) is 0 Å². The monoisotopic (exact) mass is 253 g/mol. The first-order valence-electron chi connectivity index (χ1n) is 6.34. The Morgan fingerprint density at radius 3 is 2.53 bits per heavy atom. The Morgan fingerprint density at radius 1 is 1.12 bits per heavy atom. The summed E-state index contributed by atoms with van der Waals surface area (Å²) in [6, 6.07) is 8.29. The van der Waals surface area contributed by atoms with Gasteiger partial charge in [-0.05, 0) is 62.4 Å². The van der Waals surface area contributed by atoms with Crippen molar-refractivity contribution in [3.05, 3.63) is 24.3 Å². The van der Waals surface area contributed by atoms with Crippen LogP contribution in [0, 0.1) is 0 Å². The van der Waals surface area contributed by atoms with Crippen LogP contribution >= 0.6 is 11.8 Å². The first-order valence-corrected chi connectivity index (χ1v) is 7.33. The molecule has 1 N–H and O–H groups in total. The molecule has 0 amide bonds. The SMILES string of the molecule is CCCNCCCCSc1ccc(OC)cc1. The normalized spacial score (nSPS) is 10.5. The van der Waals surface area contributed by atoms with E-state index < -0.39 is 0 Å². The molecule has 0 fully saturated rings. The molecular weight excluding hydrogens is 230 g/mol. The molecule has 0 aliphatic rings. The van der Waals surface area contributed by atoms with Crippen molar-refractivity contribution in [3.63, 3.8) is 0 Å². The molecule has 0 radical (unpaired) electrons. The molecule has 1 aromatic rings. The molecule has 0 aliphatic heterocycles. The maximum Gasteiger partial charge on any atom is 0.118 e.